The molecule has 0 aliphatic carbocycles. The van der Waals surface area contributed by atoms with Crippen LogP contribution in [-0.2, 0) is 4.84 Å². The summed E-state index contributed by atoms with van der Waals surface area (Å²) in [4.78, 5) is 24.4. The first-order valence-electron chi connectivity index (χ1n) is 4.85. The quantitative estimate of drug-likeness (QED) is 0.662. The number of hydrogen-bond acceptors (Lipinski definition) is 5. The van der Waals surface area contributed by atoms with E-state index in [4.69, 9.17) is 4.84 Å². The molecule has 0 radical (unpaired) electrons. The van der Waals surface area contributed by atoms with Gasteiger partial charge in [0.25, 0.3) is 0 Å². The van der Waals surface area contributed by atoms with Crippen LogP contribution in [0.2, 0.25) is 0 Å². The number of carbonyl (C=O) groups excluding carboxylic acids is 1. The molecule has 1 N–H and O–H groups in total. The van der Waals surface area contributed by atoms with Gasteiger partial charge in [0.05, 0.1) is 15.7 Å². The number of halogens is 2. The van der Waals surface area contributed by atoms with E-state index in [2.05, 4.69) is 47.3 Å². The highest BCUT2D eigenvalue weighted by Crippen LogP contribution is 2.24. The largest absolute Gasteiger partial charge is 0.364 e. The molecule has 0 amide bonds. The fraction of sp³-hybridized carbons (Fsp3) is 0. The van der Waals surface area contributed by atoms with Crippen molar-refractivity contribution in [3.05, 3.63) is 51.4 Å². The van der Waals surface area contributed by atoms with Gasteiger partial charge >= 0.3 is 5.97 Å². The highest BCUT2D eigenvalue weighted by Gasteiger charge is 2.08. The topological polar surface area (TPSA) is 64.1 Å². The molecule has 2 rings (SSSR count). The third kappa shape index (κ3) is 3.27. The van der Waals surface area contributed by atoms with Gasteiger partial charge in [-0.2, -0.15) is 0 Å². The van der Waals surface area contributed by atoms with Gasteiger partial charge < -0.3 is 4.84 Å². The number of rotatable bonds is 3. The summed E-state index contributed by atoms with van der Waals surface area (Å²) in [5.41, 5.74) is 3.52. The van der Waals surface area contributed by atoms with Gasteiger partial charge in [0.15, 0.2) is 0 Å². The SMILES string of the molecule is O=C(ONc1cc(Br)ncc1Br)c1cccnc1. The maximum absolute atomic E-state index is 11.6. The highest BCUT2D eigenvalue weighted by atomic mass is 79.9. The molecule has 0 atom stereocenters. The van der Waals surface area contributed by atoms with Gasteiger partial charge in [-0.25, -0.2) is 15.3 Å². The summed E-state index contributed by atoms with van der Waals surface area (Å²) in [5, 5.41) is 0. The molecule has 0 unspecified atom stereocenters. The molecule has 0 aromatic carbocycles. The average Bonchev–Trinajstić information content (AvgIpc) is 2.40. The van der Waals surface area contributed by atoms with Crippen molar-refractivity contribution < 1.29 is 9.63 Å². The molecule has 2 aromatic heterocycles. The van der Waals surface area contributed by atoms with Gasteiger partial charge in [-0.3, -0.25) is 4.98 Å². The van der Waals surface area contributed by atoms with Crippen LogP contribution < -0.4 is 5.48 Å². The van der Waals surface area contributed by atoms with Crippen LogP contribution in [0.5, 0.6) is 0 Å². The summed E-state index contributed by atoms with van der Waals surface area (Å²) in [6.45, 7) is 0. The lowest BCUT2D eigenvalue weighted by molar-refractivity contribution is 0.0595. The highest BCUT2D eigenvalue weighted by molar-refractivity contribution is 9.11. The lowest BCUT2D eigenvalue weighted by Crippen LogP contribution is -2.11. The molecule has 0 fully saturated rings. The fourth-order valence-corrected chi connectivity index (χ4v) is 1.76. The van der Waals surface area contributed by atoms with Crippen LogP contribution in [0.1, 0.15) is 10.4 Å². The number of pyridine rings is 2. The van der Waals surface area contributed by atoms with Crippen molar-refractivity contribution >= 4 is 43.5 Å². The van der Waals surface area contributed by atoms with Crippen LogP contribution in [-0.4, -0.2) is 15.9 Å². The van der Waals surface area contributed by atoms with E-state index in [1.165, 1.54) is 6.20 Å². The maximum atomic E-state index is 11.6. The maximum Gasteiger partial charge on any atom is 0.364 e. The van der Waals surface area contributed by atoms with Gasteiger partial charge in [-0.1, -0.05) is 0 Å². The summed E-state index contributed by atoms with van der Waals surface area (Å²) in [5.74, 6) is -0.511. The van der Waals surface area contributed by atoms with E-state index in [0.29, 0.717) is 20.3 Å². The second kappa shape index (κ2) is 5.92. The van der Waals surface area contributed by atoms with Gasteiger partial charge in [0.1, 0.15) is 4.60 Å². The minimum atomic E-state index is -0.511. The molecule has 2 heterocycles. The summed E-state index contributed by atoms with van der Waals surface area (Å²) >= 11 is 6.51. The molecular weight excluding hydrogens is 366 g/mol. The predicted molar refractivity (Wildman–Crippen MR) is 72.9 cm³/mol. The number of nitrogens with one attached hydrogen (secondary N) is 1. The van der Waals surface area contributed by atoms with Crippen LogP contribution in [0.25, 0.3) is 0 Å². The summed E-state index contributed by atoms with van der Waals surface area (Å²) in [6.07, 6.45) is 4.60. The number of carbonyl (C=O) groups is 1. The molecule has 0 aliphatic heterocycles. The standard InChI is InChI=1S/C11H7Br2N3O2/c12-8-6-15-10(13)4-9(8)16-18-11(17)7-2-1-3-14-5-7/h1-6H,(H,15,16). The summed E-state index contributed by atoms with van der Waals surface area (Å²) < 4.78 is 1.32. The molecular formula is C11H7Br2N3O2. The van der Waals surface area contributed by atoms with Crippen LogP contribution in [0.4, 0.5) is 5.69 Å². The van der Waals surface area contributed by atoms with E-state index in [1.807, 2.05) is 0 Å². The Morgan fingerprint density at radius 2 is 2.17 bits per heavy atom. The zero-order valence-electron chi connectivity index (χ0n) is 8.93. The van der Waals surface area contributed by atoms with E-state index in [9.17, 15) is 4.79 Å². The van der Waals surface area contributed by atoms with Crippen molar-refractivity contribution in [3.8, 4) is 0 Å². The first kappa shape index (κ1) is 13.0. The Bertz CT molecular complexity index is 563. The Morgan fingerprint density at radius 1 is 1.33 bits per heavy atom. The molecule has 92 valence electrons. The molecule has 0 spiro atoms. The lowest BCUT2D eigenvalue weighted by atomic mass is 10.3. The Balaban J connectivity index is 2.04. The van der Waals surface area contributed by atoms with Gasteiger partial charge in [-0.05, 0) is 50.1 Å². The number of anilines is 1. The number of aromatic nitrogens is 2. The van der Waals surface area contributed by atoms with Crippen molar-refractivity contribution in [2.45, 2.75) is 0 Å². The van der Waals surface area contributed by atoms with Crippen molar-refractivity contribution in [2.75, 3.05) is 5.48 Å². The number of nitrogens with zero attached hydrogens (tertiary/aromatic N) is 2. The monoisotopic (exact) mass is 371 g/mol. The Labute approximate surface area is 120 Å². The minimum Gasteiger partial charge on any atom is -0.338 e. The molecule has 0 bridgehead atoms. The lowest BCUT2D eigenvalue weighted by Gasteiger charge is -2.08. The first-order valence-corrected chi connectivity index (χ1v) is 6.43. The van der Waals surface area contributed by atoms with E-state index in [1.54, 1.807) is 30.6 Å². The van der Waals surface area contributed by atoms with E-state index in [-0.39, 0.29) is 0 Å². The van der Waals surface area contributed by atoms with Crippen molar-refractivity contribution in [3.63, 3.8) is 0 Å². The fourth-order valence-electron chi connectivity index (χ4n) is 1.14. The van der Waals surface area contributed by atoms with E-state index in [0.717, 1.165) is 0 Å². The summed E-state index contributed by atoms with van der Waals surface area (Å²) in [7, 11) is 0. The smallest absolute Gasteiger partial charge is 0.338 e. The van der Waals surface area contributed by atoms with Crippen LogP contribution in [0.3, 0.4) is 0 Å². The Hall–Kier alpha value is -1.47. The first-order chi connectivity index (χ1) is 8.66. The average molecular weight is 373 g/mol. The van der Waals surface area contributed by atoms with E-state index < -0.39 is 5.97 Å². The molecule has 18 heavy (non-hydrogen) atoms. The molecule has 7 heteroatoms. The molecule has 0 aliphatic rings. The number of hydrogen-bond donors (Lipinski definition) is 1. The van der Waals surface area contributed by atoms with Crippen molar-refractivity contribution in [2.24, 2.45) is 0 Å². The van der Waals surface area contributed by atoms with Crippen LogP contribution >= 0.6 is 31.9 Å². The van der Waals surface area contributed by atoms with Gasteiger partial charge in [-0.15, -0.1) is 0 Å². The molecule has 2 aromatic rings. The second-order valence-corrected chi connectivity index (χ2v) is 4.89. The normalized spacial score (nSPS) is 9.89. The third-order valence-corrected chi connectivity index (χ3v) is 3.04. The van der Waals surface area contributed by atoms with Crippen molar-refractivity contribution in [1.82, 2.24) is 9.97 Å². The zero-order valence-corrected chi connectivity index (χ0v) is 12.1. The molecule has 0 saturated heterocycles. The summed E-state index contributed by atoms with van der Waals surface area (Å²) in [6, 6.07) is 4.96. The van der Waals surface area contributed by atoms with Gasteiger partial charge in [0.2, 0.25) is 0 Å². The van der Waals surface area contributed by atoms with Crippen molar-refractivity contribution in [1.29, 1.82) is 0 Å². The van der Waals surface area contributed by atoms with Crippen LogP contribution in [0.15, 0.2) is 45.9 Å². The molecule has 5 nitrogen and oxygen atoms in total. The Morgan fingerprint density at radius 3 is 2.89 bits per heavy atom. The predicted octanol–water partition coefficient (Wildman–Crippen LogP) is 3.19. The van der Waals surface area contributed by atoms with Crippen LogP contribution in [0, 0.1) is 0 Å². The Kier molecular flexibility index (Phi) is 4.27. The van der Waals surface area contributed by atoms with E-state index >= 15 is 0 Å². The second-order valence-electron chi connectivity index (χ2n) is 3.22. The van der Waals surface area contributed by atoms with Gasteiger partial charge in [0, 0.05) is 18.6 Å². The zero-order chi connectivity index (χ0) is 13.0. The molecule has 0 saturated carbocycles. The minimum absolute atomic E-state index is 0.370. The third-order valence-electron chi connectivity index (χ3n) is 1.97.